The zero-order chi connectivity index (χ0) is 15.1. The van der Waals surface area contributed by atoms with Crippen LogP contribution in [0.4, 0.5) is 0 Å². The van der Waals surface area contributed by atoms with Gasteiger partial charge in [0.2, 0.25) is 0 Å². The van der Waals surface area contributed by atoms with E-state index in [1.165, 1.54) is 0 Å². The van der Waals surface area contributed by atoms with E-state index in [0.717, 1.165) is 41.5 Å². The number of nitrogens with one attached hydrogen (secondary N) is 1. The molecule has 1 rings (SSSR count). The molecule has 1 N–H and O–H groups in total. The Morgan fingerprint density at radius 3 is 2.60 bits per heavy atom. The van der Waals surface area contributed by atoms with Gasteiger partial charge in [0.15, 0.2) is 0 Å². The van der Waals surface area contributed by atoms with Gasteiger partial charge in [0, 0.05) is 22.6 Å². The molecule has 0 aromatic heterocycles. The Labute approximate surface area is 130 Å². The molecule has 0 aliphatic rings. The van der Waals surface area contributed by atoms with Crippen LogP contribution in [0.25, 0.3) is 0 Å². The smallest absolute Gasteiger partial charge is 0.251 e. The fourth-order valence-electron chi connectivity index (χ4n) is 1.92. The second-order valence-electron chi connectivity index (χ2n) is 5.55. The van der Waals surface area contributed by atoms with Gasteiger partial charge in [-0.15, -0.1) is 0 Å². The normalized spacial score (nSPS) is 11.2. The third kappa shape index (κ3) is 6.06. The highest BCUT2D eigenvalue weighted by atomic mass is 79.9. The van der Waals surface area contributed by atoms with Crippen molar-refractivity contribution < 1.29 is 4.79 Å². The van der Waals surface area contributed by atoms with Gasteiger partial charge in [-0.25, -0.2) is 0 Å². The average Bonchev–Trinajstić information content (AvgIpc) is 2.36. The van der Waals surface area contributed by atoms with Gasteiger partial charge in [0.25, 0.3) is 5.91 Å². The lowest BCUT2D eigenvalue weighted by molar-refractivity contribution is 0.0952. The molecule has 20 heavy (non-hydrogen) atoms. The summed E-state index contributed by atoms with van der Waals surface area (Å²) in [7, 11) is 2.13. The van der Waals surface area contributed by atoms with Crippen LogP contribution in [0.5, 0.6) is 0 Å². The minimum Gasteiger partial charge on any atom is -0.352 e. The first-order chi connectivity index (χ1) is 9.40. The molecule has 0 bridgehead atoms. The summed E-state index contributed by atoms with van der Waals surface area (Å²) in [5.41, 5.74) is 1.80. The van der Waals surface area contributed by atoms with E-state index >= 15 is 0 Å². The van der Waals surface area contributed by atoms with Crippen molar-refractivity contribution in [3.05, 3.63) is 33.8 Å². The molecule has 0 spiro atoms. The Morgan fingerprint density at radius 1 is 1.30 bits per heavy atom. The second kappa shape index (κ2) is 8.42. The summed E-state index contributed by atoms with van der Waals surface area (Å²) in [5.74, 6) is 0.00612. The zero-order valence-electron chi connectivity index (χ0n) is 12.9. The number of carbonyl (C=O) groups excluding carboxylic acids is 1. The van der Waals surface area contributed by atoms with E-state index in [1.807, 2.05) is 25.1 Å². The van der Waals surface area contributed by atoms with Gasteiger partial charge >= 0.3 is 0 Å². The molecule has 1 aromatic carbocycles. The van der Waals surface area contributed by atoms with Crippen LogP contribution in [-0.4, -0.2) is 37.0 Å². The first kappa shape index (κ1) is 17.2. The predicted octanol–water partition coefficient (Wildman–Crippen LogP) is 3.61. The first-order valence-electron chi connectivity index (χ1n) is 7.16. The van der Waals surface area contributed by atoms with Crippen molar-refractivity contribution >= 4 is 21.8 Å². The fourth-order valence-corrected chi connectivity index (χ4v) is 2.52. The van der Waals surface area contributed by atoms with Gasteiger partial charge in [0.1, 0.15) is 0 Å². The van der Waals surface area contributed by atoms with E-state index in [1.54, 1.807) is 0 Å². The predicted molar refractivity (Wildman–Crippen MR) is 88.2 cm³/mol. The van der Waals surface area contributed by atoms with Crippen LogP contribution >= 0.6 is 15.9 Å². The van der Waals surface area contributed by atoms with Crippen molar-refractivity contribution in [1.82, 2.24) is 10.2 Å². The zero-order valence-corrected chi connectivity index (χ0v) is 14.5. The number of amides is 1. The summed E-state index contributed by atoms with van der Waals surface area (Å²) in [6, 6.07) is 6.34. The molecule has 3 nitrogen and oxygen atoms in total. The maximum atomic E-state index is 12.0. The number of benzene rings is 1. The summed E-state index contributed by atoms with van der Waals surface area (Å²) in [5, 5.41) is 2.98. The SMILES string of the molecule is Cc1cc(Br)cc(C(=O)NCCCCN(C)C(C)C)c1. The third-order valence-corrected chi connectivity index (χ3v) is 3.87. The van der Waals surface area contributed by atoms with Crippen LogP contribution in [0.15, 0.2) is 22.7 Å². The van der Waals surface area contributed by atoms with Gasteiger partial charge in [-0.2, -0.15) is 0 Å². The van der Waals surface area contributed by atoms with Crippen LogP contribution in [0.3, 0.4) is 0 Å². The second-order valence-corrected chi connectivity index (χ2v) is 6.47. The van der Waals surface area contributed by atoms with Crippen LogP contribution in [0.1, 0.15) is 42.6 Å². The Hall–Kier alpha value is -0.870. The van der Waals surface area contributed by atoms with Gasteiger partial charge in [-0.05, 0) is 71.0 Å². The lowest BCUT2D eigenvalue weighted by Crippen LogP contribution is -2.29. The van der Waals surface area contributed by atoms with Gasteiger partial charge in [-0.3, -0.25) is 4.79 Å². The maximum Gasteiger partial charge on any atom is 0.251 e. The maximum absolute atomic E-state index is 12.0. The van der Waals surface area contributed by atoms with Gasteiger partial charge in [0.05, 0.1) is 0 Å². The monoisotopic (exact) mass is 340 g/mol. The molecule has 0 fully saturated rings. The minimum absolute atomic E-state index is 0.00612. The average molecular weight is 341 g/mol. The van der Waals surface area contributed by atoms with Crippen molar-refractivity contribution in [3.63, 3.8) is 0 Å². The molecule has 1 aromatic rings. The van der Waals surface area contributed by atoms with Gasteiger partial charge in [-0.1, -0.05) is 15.9 Å². The number of carbonyl (C=O) groups is 1. The molecule has 4 heteroatoms. The van der Waals surface area contributed by atoms with Crippen molar-refractivity contribution in [3.8, 4) is 0 Å². The minimum atomic E-state index is 0.00612. The van der Waals surface area contributed by atoms with Crippen molar-refractivity contribution in [1.29, 1.82) is 0 Å². The molecule has 0 aliphatic carbocycles. The molecule has 0 radical (unpaired) electrons. The molecule has 0 unspecified atom stereocenters. The molecule has 112 valence electrons. The molecule has 0 saturated carbocycles. The van der Waals surface area contributed by atoms with E-state index in [0.29, 0.717) is 6.04 Å². The molecular formula is C16H25BrN2O. The number of hydrogen-bond acceptors (Lipinski definition) is 2. The van der Waals surface area contributed by atoms with Crippen molar-refractivity contribution in [2.24, 2.45) is 0 Å². The number of nitrogens with zero attached hydrogens (tertiary/aromatic N) is 1. The topological polar surface area (TPSA) is 32.3 Å². The van der Waals surface area contributed by atoms with Crippen LogP contribution < -0.4 is 5.32 Å². The molecule has 0 heterocycles. The summed E-state index contributed by atoms with van der Waals surface area (Å²) >= 11 is 3.42. The Balaban J connectivity index is 2.30. The number of rotatable bonds is 7. The fraction of sp³-hybridized carbons (Fsp3) is 0.562. The van der Waals surface area contributed by atoms with E-state index in [4.69, 9.17) is 0 Å². The Kier molecular flexibility index (Phi) is 7.24. The molecule has 0 atom stereocenters. The molecular weight excluding hydrogens is 316 g/mol. The number of unbranched alkanes of at least 4 members (excludes halogenated alkanes) is 1. The Morgan fingerprint density at radius 2 is 2.00 bits per heavy atom. The van der Waals surface area contributed by atoms with E-state index in [2.05, 4.69) is 47.0 Å². The summed E-state index contributed by atoms with van der Waals surface area (Å²) in [4.78, 5) is 14.3. The van der Waals surface area contributed by atoms with E-state index in [9.17, 15) is 4.79 Å². The highest BCUT2D eigenvalue weighted by molar-refractivity contribution is 9.10. The summed E-state index contributed by atoms with van der Waals surface area (Å²) in [6.07, 6.45) is 2.11. The summed E-state index contributed by atoms with van der Waals surface area (Å²) < 4.78 is 0.946. The lowest BCUT2D eigenvalue weighted by Gasteiger charge is -2.20. The van der Waals surface area contributed by atoms with Crippen LogP contribution in [0.2, 0.25) is 0 Å². The highest BCUT2D eigenvalue weighted by Gasteiger charge is 2.07. The Bertz CT molecular complexity index is 426. The third-order valence-electron chi connectivity index (χ3n) is 3.41. The van der Waals surface area contributed by atoms with Crippen molar-refractivity contribution in [2.45, 2.75) is 39.7 Å². The largest absolute Gasteiger partial charge is 0.352 e. The quantitative estimate of drug-likeness (QED) is 0.769. The number of halogens is 1. The summed E-state index contributed by atoms with van der Waals surface area (Å²) in [6.45, 7) is 8.18. The standard InChI is InChI=1S/C16H25BrN2O/c1-12(2)19(4)8-6-5-7-18-16(20)14-9-13(3)10-15(17)11-14/h9-12H,5-8H2,1-4H3,(H,18,20). The van der Waals surface area contributed by atoms with Gasteiger partial charge < -0.3 is 10.2 Å². The van der Waals surface area contributed by atoms with Crippen LogP contribution in [-0.2, 0) is 0 Å². The van der Waals surface area contributed by atoms with Crippen molar-refractivity contribution in [2.75, 3.05) is 20.1 Å². The molecule has 0 saturated heterocycles. The van der Waals surface area contributed by atoms with Crippen LogP contribution in [0, 0.1) is 6.92 Å². The number of hydrogen-bond donors (Lipinski definition) is 1. The molecule has 0 aliphatic heterocycles. The highest BCUT2D eigenvalue weighted by Crippen LogP contribution is 2.15. The number of aryl methyl sites for hydroxylation is 1. The lowest BCUT2D eigenvalue weighted by atomic mass is 10.1. The van der Waals surface area contributed by atoms with E-state index in [-0.39, 0.29) is 5.91 Å². The molecule has 1 amide bonds. The van der Waals surface area contributed by atoms with E-state index < -0.39 is 0 Å². The first-order valence-corrected chi connectivity index (χ1v) is 7.95.